The molecule has 1 atom stereocenters. The number of carbonyl (C=O) groups excluding carboxylic acids is 1. The Morgan fingerprint density at radius 1 is 1.45 bits per heavy atom. The van der Waals surface area contributed by atoms with E-state index in [9.17, 15) is 10.1 Å². The molecule has 1 unspecified atom stereocenters. The lowest BCUT2D eigenvalue weighted by atomic mass is 9.87. The summed E-state index contributed by atoms with van der Waals surface area (Å²) in [6.45, 7) is 4.08. The van der Waals surface area contributed by atoms with Gasteiger partial charge in [0.1, 0.15) is 11.1 Å². The number of aryl methyl sites for hydroxylation is 1. The van der Waals surface area contributed by atoms with Crippen molar-refractivity contribution in [2.45, 2.75) is 50.5 Å². The van der Waals surface area contributed by atoms with Crippen LogP contribution in [-0.2, 0) is 17.6 Å². The number of nitrogens with one attached hydrogen (secondary N) is 1. The fourth-order valence-corrected chi connectivity index (χ4v) is 4.61. The van der Waals surface area contributed by atoms with Gasteiger partial charge in [0.05, 0.1) is 29.2 Å². The van der Waals surface area contributed by atoms with Crippen LogP contribution in [0.2, 0.25) is 0 Å². The van der Waals surface area contributed by atoms with E-state index in [2.05, 4.69) is 33.6 Å². The van der Waals surface area contributed by atoms with E-state index in [0.717, 1.165) is 56.5 Å². The fourth-order valence-electron chi connectivity index (χ4n) is 3.83. The highest BCUT2D eigenvalue weighted by Crippen LogP contribution is 2.29. The molecule has 1 aliphatic carbocycles. The second-order valence-electron chi connectivity index (χ2n) is 7.74. The minimum atomic E-state index is -0.214. The maximum Gasteiger partial charge on any atom is 0.305 e. The zero-order valence-electron chi connectivity index (χ0n) is 16.6. The summed E-state index contributed by atoms with van der Waals surface area (Å²) >= 11 is 1.28. The molecule has 3 heterocycles. The number of pyridine rings is 1. The van der Waals surface area contributed by atoms with Crippen LogP contribution in [0.15, 0.2) is 21.8 Å². The highest BCUT2D eigenvalue weighted by molar-refractivity contribution is 8.00. The van der Waals surface area contributed by atoms with Crippen molar-refractivity contribution in [2.24, 2.45) is 5.92 Å². The van der Waals surface area contributed by atoms with E-state index < -0.39 is 0 Å². The molecule has 9 heteroatoms. The number of rotatable bonds is 5. The zero-order chi connectivity index (χ0) is 20.2. The average molecular weight is 414 g/mol. The zero-order valence-corrected chi connectivity index (χ0v) is 17.4. The molecule has 0 bridgehead atoms. The maximum atomic E-state index is 12.3. The molecule has 2 aromatic heterocycles. The van der Waals surface area contributed by atoms with Gasteiger partial charge in [0.25, 0.3) is 6.20 Å². The van der Waals surface area contributed by atoms with Crippen molar-refractivity contribution in [3.8, 4) is 6.07 Å². The first-order valence-electron chi connectivity index (χ1n) is 10.1. The number of fused-ring (bicyclic) bond motifs is 1. The highest BCUT2D eigenvalue weighted by atomic mass is 32.2. The molecule has 1 N–H and O–H groups in total. The van der Waals surface area contributed by atoms with Gasteiger partial charge in [-0.15, -0.1) is 0 Å². The normalized spacial score (nSPS) is 18.8. The van der Waals surface area contributed by atoms with E-state index in [0.29, 0.717) is 22.4 Å². The van der Waals surface area contributed by atoms with Crippen molar-refractivity contribution in [3.05, 3.63) is 29.1 Å². The molecule has 2 aliphatic rings. The van der Waals surface area contributed by atoms with Crippen LogP contribution in [0.5, 0.6) is 0 Å². The SMILES string of the molecule is CC1CCc2nc(SCC(=O)Nc3c[n+](N4CCCCC4)no3)c(C#N)cc2C1. The van der Waals surface area contributed by atoms with E-state index in [4.69, 9.17) is 4.52 Å². The van der Waals surface area contributed by atoms with Crippen molar-refractivity contribution < 1.29 is 14.1 Å². The van der Waals surface area contributed by atoms with Crippen LogP contribution >= 0.6 is 11.8 Å². The number of hydrogen-bond acceptors (Lipinski definition) is 7. The van der Waals surface area contributed by atoms with Crippen molar-refractivity contribution >= 4 is 23.6 Å². The topological polar surface area (TPSA) is 98.9 Å². The Balaban J connectivity index is 1.36. The summed E-state index contributed by atoms with van der Waals surface area (Å²) in [7, 11) is 0. The average Bonchev–Trinajstić information content (AvgIpc) is 3.20. The number of nitrogens with zero attached hydrogens (tertiary/aromatic N) is 5. The molecule has 1 fully saturated rings. The standard InChI is InChI=1S/C20H24N6O2S/c1-14-5-6-17-15(9-14)10-16(11-21)20(22-17)29-13-18(27)23-19-12-26(24-28-19)25-7-3-2-4-8-25/h10,12,14H,2-9,13H2,1H3/p+1. The largest absolute Gasteiger partial charge is 0.305 e. The fraction of sp³-hybridized carbons (Fsp3) is 0.550. The first-order valence-corrected chi connectivity index (χ1v) is 11.1. The maximum absolute atomic E-state index is 12.3. The first-order chi connectivity index (χ1) is 14.1. The Hall–Kier alpha value is -2.60. The Bertz CT molecular complexity index is 932. The number of nitriles is 1. The van der Waals surface area contributed by atoms with Gasteiger partial charge in [-0.3, -0.25) is 14.6 Å². The van der Waals surface area contributed by atoms with Crippen LogP contribution < -0.4 is 15.1 Å². The molecule has 1 saturated heterocycles. The number of thioether (sulfide) groups is 1. The molecule has 1 aliphatic heterocycles. The summed E-state index contributed by atoms with van der Waals surface area (Å²) in [5, 5.41) is 18.9. The second kappa shape index (κ2) is 8.82. The van der Waals surface area contributed by atoms with E-state index in [1.165, 1.54) is 18.2 Å². The van der Waals surface area contributed by atoms with Gasteiger partial charge in [0.15, 0.2) is 0 Å². The molecule has 29 heavy (non-hydrogen) atoms. The summed E-state index contributed by atoms with van der Waals surface area (Å²) in [5.41, 5.74) is 2.76. The van der Waals surface area contributed by atoms with Gasteiger partial charge in [-0.1, -0.05) is 18.7 Å². The van der Waals surface area contributed by atoms with E-state index in [-0.39, 0.29) is 11.7 Å². The van der Waals surface area contributed by atoms with Gasteiger partial charge >= 0.3 is 5.88 Å². The first kappa shape index (κ1) is 19.7. The van der Waals surface area contributed by atoms with Gasteiger partial charge in [-0.2, -0.15) is 10.3 Å². The quantitative estimate of drug-likeness (QED) is 0.593. The van der Waals surface area contributed by atoms with Gasteiger partial charge in [-0.25, -0.2) is 4.98 Å². The lowest BCUT2D eigenvalue weighted by Crippen LogP contribution is -2.60. The Morgan fingerprint density at radius 2 is 2.28 bits per heavy atom. The predicted molar refractivity (Wildman–Crippen MR) is 108 cm³/mol. The summed E-state index contributed by atoms with van der Waals surface area (Å²) in [6, 6.07) is 4.16. The van der Waals surface area contributed by atoms with Gasteiger partial charge in [-0.05, 0) is 56.1 Å². The van der Waals surface area contributed by atoms with Crippen molar-refractivity contribution in [1.82, 2.24) is 10.3 Å². The number of hydrogen-bond donors (Lipinski definition) is 1. The minimum Gasteiger partial charge on any atom is -0.288 e. The van der Waals surface area contributed by atoms with E-state index in [1.54, 1.807) is 11.0 Å². The van der Waals surface area contributed by atoms with Gasteiger partial charge < -0.3 is 0 Å². The monoisotopic (exact) mass is 413 g/mol. The number of amides is 1. The summed E-state index contributed by atoms with van der Waals surface area (Å²) in [4.78, 5) is 18.7. The molecule has 1 amide bonds. The molecular formula is C20H25N6O2S+. The lowest BCUT2D eigenvalue weighted by molar-refractivity contribution is -0.759. The Labute approximate surface area is 174 Å². The lowest BCUT2D eigenvalue weighted by Gasteiger charge is -2.21. The van der Waals surface area contributed by atoms with Crippen LogP contribution in [0.1, 0.15) is 49.4 Å². The van der Waals surface area contributed by atoms with Crippen LogP contribution in [0, 0.1) is 17.2 Å². The molecule has 0 saturated carbocycles. The molecule has 0 spiro atoms. The van der Waals surface area contributed by atoms with Crippen molar-refractivity contribution in [1.29, 1.82) is 5.26 Å². The second-order valence-corrected chi connectivity index (χ2v) is 8.71. The minimum absolute atomic E-state index is 0.154. The van der Waals surface area contributed by atoms with E-state index in [1.807, 2.05) is 6.07 Å². The Morgan fingerprint density at radius 3 is 3.07 bits per heavy atom. The third-order valence-corrected chi connectivity index (χ3v) is 6.39. The van der Waals surface area contributed by atoms with Crippen molar-refractivity contribution in [3.63, 3.8) is 0 Å². The number of carbonyl (C=O) groups is 1. The van der Waals surface area contributed by atoms with Crippen LogP contribution in [-0.4, -0.2) is 35.0 Å². The van der Waals surface area contributed by atoms with Gasteiger partial charge in [0.2, 0.25) is 11.2 Å². The number of anilines is 1. The van der Waals surface area contributed by atoms with Crippen molar-refractivity contribution in [2.75, 3.05) is 29.2 Å². The molecule has 8 nitrogen and oxygen atoms in total. The summed E-state index contributed by atoms with van der Waals surface area (Å²) in [6.07, 6.45) is 8.18. The molecule has 2 aromatic rings. The summed E-state index contributed by atoms with van der Waals surface area (Å²) in [5.74, 6) is 0.874. The third-order valence-electron chi connectivity index (χ3n) is 5.40. The molecule has 152 valence electrons. The number of piperidine rings is 1. The van der Waals surface area contributed by atoms with Gasteiger partial charge in [0, 0.05) is 5.69 Å². The van der Waals surface area contributed by atoms with E-state index >= 15 is 0 Å². The molecular weight excluding hydrogens is 388 g/mol. The third kappa shape index (κ3) is 4.70. The number of aromatic nitrogens is 3. The van der Waals surface area contributed by atoms with Crippen LogP contribution in [0.4, 0.5) is 5.88 Å². The Kier molecular flexibility index (Phi) is 6.00. The van der Waals surface area contributed by atoms with Crippen LogP contribution in [0.25, 0.3) is 0 Å². The predicted octanol–water partition coefficient (Wildman–Crippen LogP) is 2.21. The molecule has 4 rings (SSSR count). The summed E-state index contributed by atoms with van der Waals surface area (Å²) < 4.78 is 5.23. The van der Waals surface area contributed by atoms with Crippen LogP contribution in [0.3, 0.4) is 0 Å². The molecule has 0 aromatic carbocycles. The highest BCUT2D eigenvalue weighted by Gasteiger charge is 2.24. The smallest absolute Gasteiger partial charge is 0.288 e. The molecule has 0 radical (unpaired) electrons.